The van der Waals surface area contributed by atoms with E-state index in [0.29, 0.717) is 5.56 Å². The molecule has 0 saturated heterocycles. The number of nitrogens with two attached hydrogens (primary N) is 1. The Morgan fingerprint density at radius 1 is 1.20 bits per heavy atom. The van der Waals surface area contributed by atoms with Crippen LogP contribution >= 0.6 is 12.4 Å². The molecule has 0 bridgehead atoms. The molecule has 1 saturated carbocycles. The van der Waals surface area contributed by atoms with E-state index in [1.807, 2.05) is 12.1 Å². The lowest BCUT2D eigenvalue weighted by Gasteiger charge is -2.27. The van der Waals surface area contributed by atoms with Gasteiger partial charge in [0, 0.05) is 5.56 Å². The number of esters is 1. The fourth-order valence-electron chi connectivity index (χ4n) is 2.31. The van der Waals surface area contributed by atoms with Crippen molar-refractivity contribution >= 4 is 18.4 Å². The van der Waals surface area contributed by atoms with E-state index in [1.165, 1.54) is 13.5 Å². The summed E-state index contributed by atoms with van der Waals surface area (Å²) in [4.78, 5) is 11.3. The minimum Gasteiger partial charge on any atom is -0.465 e. The highest BCUT2D eigenvalue weighted by molar-refractivity contribution is 5.89. The Hall–Kier alpha value is -1.50. The average Bonchev–Trinajstić information content (AvgIpc) is 2.46. The molecule has 108 valence electrons. The number of halogens is 1. The third kappa shape index (κ3) is 4.26. The minimum absolute atomic E-state index is 0. The van der Waals surface area contributed by atoms with E-state index in [-0.39, 0.29) is 23.9 Å². The minimum atomic E-state index is -0.334. The molecule has 2 N–H and O–H groups in total. The van der Waals surface area contributed by atoms with Gasteiger partial charge in [-0.1, -0.05) is 31.1 Å². The largest absolute Gasteiger partial charge is 0.465 e. The molecule has 1 fully saturated rings. The van der Waals surface area contributed by atoms with Crippen LogP contribution in [-0.2, 0) is 4.74 Å². The van der Waals surface area contributed by atoms with Crippen LogP contribution in [0, 0.1) is 11.8 Å². The molecule has 0 aromatic heterocycles. The standard InChI is InChI=1S/C16H19NO2.ClH/c1-19-15(18)14-7-5-13(6-8-14)9-12-16(17)10-3-2-4-11-16;/h5-8H,2-4,10-11,17H2,1H3;1H. The zero-order chi connectivity index (χ0) is 13.7. The first-order valence-electron chi connectivity index (χ1n) is 6.63. The lowest BCUT2D eigenvalue weighted by molar-refractivity contribution is 0.0600. The number of hydrogen-bond acceptors (Lipinski definition) is 3. The first kappa shape index (κ1) is 16.6. The lowest BCUT2D eigenvalue weighted by atomic mass is 9.83. The molecule has 20 heavy (non-hydrogen) atoms. The molecule has 1 aromatic carbocycles. The number of ether oxygens (including phenoxy) is 1. The first-order valence-corrected chi connectivity index (χ1v) is 6.63. The molecule has 1 aliphatic rings. The van der Waals surface area contributed by atoms with E-state index in [2.05, 4.69) is 16.6 Å². The lowest BCUT2D eigenvalue weighted by Crippen LogP contribution is -2.40. The second kappa shape index (κ2) is 7.33. The zero-order valence-corrected chi connectivity index (χ0v) is 12.5. The van der Waals surface area contributed by atoms with Gasteiger partial charge in [-0.15, -0.1) is 12.4 Å². The second-order valence-electron chi connectivity index (χ2n) is 5.04. The van der Waals surface area contributed by atoms with Crippen LogP contribution < -0.4 is 5.73 Å². The molecule has 0 radical (unpaired) electrons. The van der Waals surface area contributed by atoms with Gasteiger partial charge in [-0.2, -0.15) is 0 Å². The highest BCUT2D eigenvalue weighted by Crippen LogP contribution is 2.25. The number of carbonyl (C=O) groups excluding carboxylic acids is 1. The first-order chi connectivity index (χ1) is 9.13. The summed E-state index contributed by atoms with van der Waals surface area (Å²) in [6.07, 6.45) is 5.52. The number of hydrogen-bond donors (Lipinski definition) is 1. The van der Waals surface area contributed by atoms with Crippen LogP contribution in [0.15, 0.2) is 24.3 Å². The quantitative estimate of drug-likeness (QED) is 0.640. The molecule has 0 unspecified atom stereocenters. The van der Waals surface area contributed by atoms with Gasteiger partial charge in [-0.05, 0) is 37.1 Å². The predicted octanol–water partition coefficient (Wildman–Crippen LogP) is 2.91. The van der Waals surface area contributed by atoms with Gasteiger partial charge in [-0.3, -0.25) is 0 Å². The van der Waals surface area contributed by atoms with E-state index in [1.54, 1.807) is 12.1 Å². The number of carbonyl (C=O) groups is 1. The van der Waals surface area contributed by atoms with Crippen molar-refractivity contribution in [2.24, 2.45) is 5.73 Å². The molecule has 1 aliphatic carbocycles. The molecule has 0 spiro atoms. The van der Waals surface area contributed by atoms with Crippen LogP contribution in [0.3, 0.4) is 0 Å². The summed E-state index contributed by atoms with van der Waals surface area (Å²) in [5.41, 5.74) is 7.34. The van der Waals surface area contributed by atoms with Crippen molar-refractivity contribution in [3.8, 4) is 11.8 Å². The van der Waals surface area contributed by atoms with Crippen LogP contribution in [0.1, 0.15) is 48.0 Å². The van der Waals surface area contributed by atoms with Gasteiger partial charge >= 0.3 is 5.97 Å². The zero-order valence-electron chi connectivity index (χ0n) is 11.6. The van der Waals surface area contributed by atoms with Crippen molar-refractivity contribution in [2.75, 3.05) is 7.11 Å². The summed E-state index contributed by atoms with van der Waals surface area (Å²) in [7, 11) is 1.37. The number of benzene rings is 1. The fourth-order valence-corrected chi connectivity index (χ4v) is 2.31. The van der Waals surface area contributed by atoms with Gasteiger partial charge in [0.05, 0.1) is 18.2 Å². The summed E-state index contributed by atoms with van der Waals surface area (Å²) in [6.45, 7) is 0. The smallest absolute Gasteiger partial charge is 0.337 e. The Morgan fingerprint density at radius 2 is 1.80 bits per heavy atom. The summed E-state index contributed by atoms with van der Waals surface area (Å²) >= 11 is 0. The molecule has 1 aromatic rings. The van der Waals surface area contributed by atoms with E-state index in [9.17, 15) is 4.79 Å². The average molecular weight is 294 g/mol. The van der Waals surface area contributed by atoms with Crippen LogP contribution in [0.5, 0.6) is 0 Å². The topological polar surface area (TPSA) is 52.3 Å². The SMILES string of the molecule is COC(=O)c1ccc(C#CC2(N)CCCCC2)cc1.Cl. The van der Waals surface area contributed by atoms with E-state index in [4.69, 9.17) is 5.73 Å². The van der Waals surface area contributed by atoms with Crippen molar-refractivity contribution in [3.05, 3.63) is 35.4 Å². The Bertz CT molecular complexity index is 508. The molecule has 0 aliphatic heterocycles. The van der Waals surface area contributed by atoms with Crippen LogP contribution in [0.4, 0.5) is 0 Å². The van der Waals surface area contributed by atoms with Crippen molar-refractivity contribution in [1.29, 1.82) is 0 Å². The van der Waals surface area contributed by atoms with Gasteiger partial charge in [-0.25, -0.2) is 4.79 Å². The molecule has 4 heteroatoms. The van der Waals surface area contributed by atoms with Gasteiger partial charge in [0.2, 0.25) is 0 Å². The molecular weight excluding hydrogens is 274 g/mol. The maximum Gasteiger partial charge on any atom is 0.337 e. The normalized spacial score (nSPS) is 16.3. The Balaban J connectivity index is 0.00000200. The van der Waals surface area contributed by atoms with E-state index < -0.39 is 0 Å². The molecule has 0 heterocycles. The summed E-state index contributed by atoms with van der Waals surface area (Å²) in [5, 5.41) is 0. The van der Waals surface area contributed by atoms with Crippen molar-refractivity contribution < 1.29 is 9.53 Å². The second-order valence-corrected chi connectivity index (χ2v) is 5.04. The highest BCUT2D eigenvalue weighted by atomic mass is 35.5. The Kier molecular flexibility index (Phi) is 6.06. The van der Waals surface area contributed by atoms with E-state index in [0.717, 1.165) is 31.2 Å². The molecule has 2 rings (SSSR count). The van der Waals surface area contributed by atoms with Crippen LogP contribution in [-0.4, -0.2) is 18.6 Å². The van der Waals surface area contributed by atoms with Gasteiger partial charge in [0.15, 0.2) is 0 Å². The van der Waals surface area contributed by atoms with Crippen LogP contribution in [0.2, 0.25) is 0 Å². The summed E-state index contributed by atoms with van der Waals surface area (Å²) in [5.74, 6) is 5.97. The van der Waals surface area contributed by atoms with Crippen molar-refractivity contribution in [3.63, 3.8) is 0 Å². The van der Waals surface area contributed by atoms with Crippen LogP contribution in [0.25, 0.3) is 0 Å². The molecular formula is C16H20ClNO2. The van der Waals surface area contributed by atoms with Gasteiger partial charge < -0.3 is 10.5 Å². The predicted molar refractivity (Wildman–Crippen MR) is 81.9 cm³/mol. The van der Waals surface area contributed by atoms with Gasteiger partial charge in [0.1, 0.15) is 0 Å². The fraction of sp³-hybridized carbons (Fsp3) is 0.438. The third-order valence-corrected chi connectivity index (χ3v) is 3.51. The molecule has 0 amide bonds. The Labute approximate surface area is 126 Å². The number of methoxy groups -OCH3 is 1. The maximum atomic E-state index is 11.3. The third-order valence-electron chi connectivity index (χ3n) is 3.51. The number of rotatable bonds is 1. The highest BCUT2D eigenvalue weighted by Gasteiger charge is 2.24. The summed E-state index contributed by atoms with van der Waals surface area (Å²) in [6, 6.07) is 7.09. The maximum absolute atomic E-state index is 11.3. The Morgan fingerprint density at radius 3 is 2.35 bits per heavy atom. The molecule has 0 atom stereocenters. The van der Waals surface area contributed by atoms with Gasteiger partial charge in [0.25, 0.3) is 0 Å². The summed E-state index contributed by atoms with van der Waals surface area (Å²) < 4.78 is 4.65. The van der Waals surface area contributed by atoms with E-state index >= 15 is 0 Å². The monoisotopic (exact) mass is 293 g/mol. The van der Waals surface area contributed by atoms with Crippen molar-refractivity contribution in [1.82, 2.24) is 0 Å². The van der Waals surface area contributed by atoms with Crippen molar-refractivity contribution in [2.45, 2.75) is 37.6 Å². The molecule has 3 nitrogen and oxygen atoms in total.